The van der Waals surface area contributed by atoms with Gasteiger partial charge in [-0.2, -0.15) is 55.8 Å². The van der Waals surface area contributed by atoms with E-state index in [4.69, 9.17) is 0 Å². The molecule has 0 N–H and O–H groups in total. The van der Waals surface area contributed by atoms with Crippen LogP contribution in [0.5, 0.6) is 0 Å². The Labute approximate surface area is 388 Å². The van der Waals surface area contributed by atoms with Crippen molar-refractivity contribution in [2.24, 2.45) is 0 Å². The molecular weight excluding hydrogens is 993 g/mol. The molecule has 0 fully saturated rings. The topological polar surface area (TPSA) is 0 Å². The zero-order valence-corrected chi connectivity index (χ0v) is 38.6. The number of benzene rings is 8. The first-order chi connectivity index (χ1) is 30.5. The third-order valence-electron chi connectivity index (χ3n) is 11.1. The van der Waals surface area contributed by atoms with E-state index < -0.39 is 23.5 Å². The number of alkyl halides is 6. The second kappa shape index (κ2) is 18.8. The third kappa shape index (κ3) is 9.30. The predicted molar refractivity (Wildman–Crippen MR) is 247 cm³/mol. The van der Waals surface area contributed by atoms with Gasteiger partial charge in [0.1, 0.15) is 0 Å². The van der Waals surface area contributed by atoms with Crippen molar-refractivity contribution in [3.63, 3.8) is 0 Å². The molecule has 64 heavy (non-hydrogen) atoms. The quantitative estimate of drug-likeness (QED) is 0.0936. The second-order valence-corrected chi connectivity index (χ2v) is 16.3. The van der Waals surface area contributed by atoms with Crippen LogP contribution in [-0.4, -0.2) is 9.52 Å². The van der Waals surface area contributed by atoms with E-state index in [9.17, 15) is 26.3 Å². The van der Waals surface area contributed by atoms with Crippen LogP contribution in [0.2, 0.25) is 0 Å². The second-order valence-electron chi connectivity index (χ2n) is 15.1. The first-order valence-corrected chi connectivity index (χ1v) is 21.2. The first kappa shape index (κ1) is 44.3. The molecule has 10 aromatic rings. The fourth-order valence-electron chi connectivity index (χ4n) is 8.19. The smallest absolute Gasteiger partial charge is 0.184 e. The molecule has 2 radical (unpaired) electrons. The summed E-state index contributed by atoms with van der Waals surface area (Å²) in [6, 6.07) is 68.3. The van der Waals surface area contributed by atoms with Crippen LogP contribution in [0.25, 0.3) is 77.2 Å². The van der Waals surface area contributed by atoms with Crippen LogP contribution >= 0.6 is 0 Å². The summed E-state index contributed by atoms with van der Waals surface area (Å²) in [5.74, 6) is 0. The number of halogens is 6. The van der Waals surface area contributed by atoms with E-state index in [1.807, 2.05) is 103 Å². The molecule has 1 aliphatic heterocycles. The van der Waals surface area contributed by atoms with Gasteiger partial charge in [0.25, 0.3) is 0 Å². The Bertz CT molecular complexity index is 2960. The molecule has 0 atom stereocenters. The van der Waals surface area contributed by atoms with Crippen molar-refractivity contribution in [1.82, 2.24) is 0 Å². The van der Waals surface area contributed by atoms with E-state index in [0.29, 0.717) is 11.1 Å². The summed E-state index contributed by atoms with van der Waals surface area (Å²) < 4.78 is 80.4. The van der Waals surface area contributed by atoms with Crippen LogP contribution in [-0.2, 0) is 38.2 Å². The molecule has 0 amide bonds. The van der Waals surface area contributed by atoms with Crippen LogP contribution in [0, 0.1) is 6.07 Å². The molecule has 0 unspecified atom stereocenters. The van der Waals surface area contributed by atoms with E-state index in [1.165, 1.54) is 45.8 Å². The normalized spacial score (nSPS) is 11.7. The number of hydrogen-bond acceptors (Lipinski definition) is 0. The van der Waals surface area contributed by atoms with Crippen LogP contribution in [0.3, 0.4) is 0 Å². The zero-order chi connectivity index (χ0) is 43.6. The van der Waals surface area contributed by atoms with Gasteiger partial charge < -0.3 is 0 Å². The van der Waals surface area contributed by atoms with Gasteiger partial charge in [0, 0.05) is 25.8 Å². The van der Waals surface area contributed by atoms with Crippen molar-refractivity contribution < 1.29 is 52.2 Å². The maximum Gasteiger partial charge on any atom is 0.416 e. The summed E-state index contributed by atoms with van der Waals surface area (Å²) >= 11 is 0. The van der Waals surface area contributed by atoms with Crippen molar-refractivity contribution in [3.05, 3.63) is 230 Å². The third-order valence-corrected chi connectivity index (χ3v) is 12.5. The van der Waals surface area contributed by atoms with Gasteiger partial charge >= 0.3 is 12.4 Å². The van der Waals surface area contributed by atoms with Crippen LogP contribution in [0.4, 0.5) is 26.3 Å². The minimum Gasteiger partial charge on any atom is -0.184 e. The molecule has 0 saturated carbocycles. The van der Waals surface area contributed by atoms with E-state index in [0.717, 1.165) is 65.5 Å². The van der Waals surface area contributed by atoms with Gasteiger partial charge in [0.15, 0.2) is 0 Å². The summed E-state index contributed by atoms with van der Waals surface area (Å²) in [5, 5.41) is 6.36. The summed E-state index contributed by atoms with van der Waals surface area (Å²) in [4.78, 5) is 0. The van der Waals surface area contributed by atoms with E-state index in [2.05, 4.69) is 42.5 Å². The van der Waals surface area contributed by atoms with Gasteiger partial charge in [-0.15, -0.1) is 74.6 Å². The molecule has 0 aromatic heterocycles. The number of fused-ring (bicyclic) bond motifs is 5. The molecule has 0 bridgehead atoms. The Hall–Kier alpha value is -6.35. The Morgan fingerprint density at radius 3 is 1.28 bits per heavy atom. The van der Waals surface area contributed by atoms with E-state index >= 15 is 0 Å². The van der Waals surface area contributed by atoms with E-state index in [-0.39, 0.29) is 37.0 Å². The molecule has 0 saturated heterocycles. The monoisotopic (exact) mass is 1030 g/mol. The summed E-state index contributed by atoms with van der Waals surface area (Å²) in [6.07, 6.45) is -8.76. The number of rotatable bonds is 4. The van der Waals surface area contributed by atoms with Crippen LogP contribution in [0.1, 0.15) is 11.1 Å². The Kier molecular flexibility index (Phi) is 13.0. The minimum absolute atomic E-state index is 0. The predicted octanol–water partition coefficient (Wildman–Crippen LogP) is 14.9. The number of hydrogen-bond donors (Lipinski definition) is 0. The summed E-state index contributed by atoms with van der Waals surface area (Å²) in [6.45, 7) is 0. The molecule has 1 aliphatic rings. The molecule has 0 spiro atoms. The molecule has 0 aliphatic carbocycles. The van der Waals surface area contributed by atoms with Crippen molar-refractivity contribution in [2.45, 2.75) is 12.4 Å². The average molecular weight is 1030 g/mol. The van der Waals surface area contributed by atoms with Gasteiger partial charge in [-0.1, -0.05) is 179 Å². The molecule has 11 rings (SSSR count). The maximum atomic E-state index is 13.4. The molecule has 10 aromatic carbocycles. The SMILES string of the molecule is FC(F)(F)c1ccccc1-c1cccc2[cH-]c(-c3ccccc3)cc12.FC(F)(F)c1ccccc1-c1cccc2[cH-]c(-c3ccccc3)cc12.[Hf].[c-]1cccc2c1[Si]c1ccccc1-2. The van der Waals surface area contributed by atoms with Gasteiger partial charge in [0.05, 0.1) is 20.6 Å². The summed E-state index contributed by atoms with van der Waals surface area (Å²) in [5.41, 5.74) is 7.30. The molecule has 1 heterocycles. The Morgan fingerprint density at radius 2 is 0.797 bits per heavy atom. The van der Waals surface area contributed by atoms with Gasteiger partial charge in [-0.25, -0.2) is 0 Å². The Balaban J connectivity index is 0.000000136. The largest absolute Gasteiger partial charge is 0.416 e. The Morgan fingerprint density at radius 1 is 0.391 bits per heavy atom. The molecular formula is C56H35F6HfSi-3. The average Bonchev–Trinajstić information content (AvgIpc) is 4.05. The standard InChI is InChI=1S/2C22H14F3.C12H7Si.Hf/c2*23-22(24,25)21-12-5-4-10-19(21)18-11-6-9-16-13-17(14-20(16)18)15-7-2-1-3-8-15;1-3-7-11-9(5-1)10-6-2-4-8-12(10)13-11;/h2*1-14H;1-7H;/q3*-1;. The summed E-state index contributed by atoms with van der Waals surface area (Å²) in [7, 11) is 0.795. The fourth-order valence-corrected chi connectivity index (χ4v) is 9.50. The zero-order valence-electron chi connectivity index (χ0n) is 34.0. The van der Waals surface area contributed by atoms with Crippen LogP contribution < -0.4 is 10.4 Å². The van der Waals surface area contributed by atoms with Crippen LogP contribution in [0.15, 0.2) is 212 Å². The first-order valence-electron chi connectivity index (χ1n) is 20.2. The van der Waals surface area contributed by atoms with Crippen molar-refractivity contribution in [3.8, 4) is 55.6 Å². The molecule has 8 heteroatoms. The van der Waals surface area contributed by atoms with Gasteiger partial charge in [0.2, 0.25) is 0 Å². The molecule has 312 valence electrons. The van der Waals surface area contributed by atoms with Gasteiger partial charge in [-0.05, 0) is 23.3 Å². The van der Waals surface area contributed by atoms with Crippen molar-refractivity contribution >= 4 is 41.4 Å². The maximum absolute atomic E-state index is 13.4. The minimum atomic E-state index is -4.38. The molecule has 0 nitrogen and oxygen atoms in total. The van der Waals surface area contributed by atoms with Crippen molar-refractivity contribution in [2.75, 3.05) is 0 Å². The van der Waals surface area contributed by atoms with E-state index in [1.54, 1.807) is 36.4 Å². The fraction of sp³-hybridized carbons (Fsp3) is 0.0357. The van der Waals surface area contributed by atoms with Gasteiger partial charge in [-0.3, -0.25) is 0 Å². The van der Waals surface area contributed by atoms with Crippen molar-refractivity contribution in [1.29, 1.82) is 0 Å².